The predicted molar refractivity (Wildman–Crippen MR) is 110 cm³/mol. The van der Waals surface area contributed by atoms with E-state index in [2.05, 4.69) is 5.32 Å². The lowest BCUT2D eigenvalue weighted by Crippen LogP contribution is -2.43. The normalized spacial score (nSPS) is 22.9. The van der Waals surface area contributed by atoms with Crippen LogP contribution in [0.1, 0.15) is 5.56 Å². The van der Waals surface area contributed by atoms with Crippen LogP contribution in [0.25, 0.3) is 6.08 Å². The lowest BCUT2D eigenvalue weighted by Gasteiger charge is -2.16. The minimum atomic E-state index is -3.25. The van der Waals surface area contributed by atoms with Gasteiger partial charge in [0.2, 0.25) is 5.91 Å². The Hall–Kier alpha value is -2.23. The fourth-order valence-electron chi connectivity index (χ4n) is 2.52. The van der Waals surface area contributed by atoms with E-state index in [-0.39, 0.29) is 18.2 Å². The molecule has 9 heteroatoms. The van der Waals surface area contributed by atoms with Gasteiger partial charge >= 0.3 is 0 Å². The second kappa shape index (κ2) is 8.20. The first-order chi connectivity index (χ1) is 12.8. The largest absolute Gasteiger partial charge is 0.347 e. The van der Waals surface area contributed by atoms with Crippen LogP contribution in [0.3, 0.4) is 0 Å². The van der Waals surface area contributed by atoms with Crippen LogP contribution in [0.5, 0.6) is 0 Å². The number of hydrogen-bond donors (Lipinski definition) is 1. The Morgan fingerprint density at radius 3 is 2.74 bits per heavy atom. The van der Waals surface area contributed by atoms with Crippen molar-refractivity contribution in [3.63, 3.8) is 0 Å². The third-order valence-electron chi connectivity index (χ3n) is 3.79. The molecule has 1 aromatic rings. The fourth-order valence-corrected chi connectivity index (χ4v) is 4.96. The lowest BCUT2D eigenvalue weighted by atomic mass is 10.2. The molecule has 140 valence electrons. The van der Waals surface area contributed by atoms with Gasteiger partial charge in [0.05, 0.1) is 16.7 Å². The van der Waals surface area contributed by atoms with Crippen LogP contribution in [0.4, 0.5) is 0 Å². The highest BCUT2D eigenvalue weighted by Gasteiger charge is 2.33. The first-order valence-corrected chi connectivity index (χ1v) is 11.0. The number of allylic oxidation sites excluding steroid dienone is 2. The molecule has 1 unspecified atom stereocenters. The number of benzene rings is 1. The number of nitrogens with zero attached hydrogens (tertiary/aromatic N) is 1. The summed E-state index contributed by atoms with van der Waals surface area (Å²) in [5.74, 6) is -0.965. The molecule has 0 bridgehead atoms. The summed E-state index contributed by atoms with van der Waals surface area (Å²) in [5.41, 5.74) is 1.00. The topological polar surface area (TPSA) is 83.6 Å². The Balaban J connectivity index is 1.59. The van der Waals surface area contributed by atoms with Crippen molar-refractivity contribution in [1.82, 2.24) is 10.2 Å². The Bertz CT molecular complexity index is 966. The van der Waals surface area contributed by atoms with E-state index >= 15 is 0 Å². The van der Waals surface area contributed by atoms with Crippen LogP contribution in [-0.2, 0) is 19.4 Å². The number of carbonyl (C=O) groups is 2. The van der Waals surface area contributed by atoms with Crippen LogP contribution in [-0.4, -0.2) is 47.8 Å². The van der Waals surface area contributed by atoms with Crippen LogP contribution >= 0.6 is 24.0 Å². The van der Waals surface area contributed by atoms with Gasteiger partial charge in [-0.25, -0.2) is 8.42 Å². The van der Waals surface area contributed by atoms with E-state index in [1.807, 2.05) is 36.4 Å². The van der Waals surface area contributed by atoms with Gasteiger partial charge in [-0.3, -0.25) is 14.5 Å². The smallest absolute Gasteiger partial charge is 0.266 e. The summed E-state index contributed by atoms with van der Waals surface area (Å²) in [6.45, 7) is -0.241. The first kappa shape index (κ1) is 19.5. The van der Waals surface area contributed by atoms with E-state index in [0.717, 1.165) is 22.7 Å². The summed E-state index contributed by atoms with van der Waals surface area (Å²) >= 11 is 6.32. The highest BCUT2D eigenvalue weighted by Crippen LogP contribution is 2.30. The third kappa shape index (κ3) is 5.15. The molecular formula is C18H16N2O4S3. The standard InChI is InChI=1S/C18H16N2O4S3/c21-16(19-14-9-10-27(23,24)12-14)11-20-17(22)15(26-18(20)25)8-4-7-13-5-2-1-3-6-13/h1-10,14H,11-12H2,(H,19,21)/b7-4+,15-8+. The fraction of sp³-hybridized carbons (Fsp3) is 0.167. The molecule has 2 amide bonds. The van der Waals surface area contributed by atoms with Crippen molar-refractivity contribution in [3.05, 3.63) is 64.4 Å². The van der Waals surface area contributed by atoms with E-state index in [4.69, 9.17) is 12.2 Å². The zero-order valence-electron chi connectivity index (χ0n) is 14.1. The SMILES string of the molecule is O=C(CN1C(=O)/C(=C\C=C\c2ccccc2)SC1=S)NC1C=CS(=O)(=O)C1. The summed E-state index contributed by atoms with van der Waals surface area (Å²) in [5, 5.41) is 3.66. The van der Waals surface area contributed by atoms with Gasteiger partial charge in [0.1, 0.15) is 10.9 Å². The monoisotopic (exact) mass is 420 g/mol. The molecule has 0 aromatic heterocycles. The molecular weight excluding hydrogens is 404 g/mol. The number of thioether (sulfide) groups is 1. The number of hydrogen-bond acceptors (Lipinski definition) is 6. The second-order valence-electron chi connectivity index (χ2n) is 5.89. The van der Waals surface area contributed by atoms with Gasteiger partial charge < -0.3 is 5.32 Å². The van der Waals surface area contributed by atoms with E-state index in [1.165, 1.54) is 11.0 Å². The molecule has 0 radical (unpaired) electrons. The highest BCUT2D eigenvalue weighted by atomic mass is 32.2. The average Bonchev–Trinajstić information content (AvgIpc) is 3.09. The zero-order chi connectivity index (χ0) is 19.4. The van der Waals surface area contributed by atoms with Crippen molar-refractivity contribution in [2.45, 2.75) is 6.04 Å². The van der Waals surface area contributed by atoms with Crippen molar-refractivity contribution < 1.29 is 18.0 Å². The maximum atomic E-state index is 12.5. The predicted octanol–water partition coefficient (Wildman–Crippen LogP) is 1.87. The van der Waals surface area contributed by atoms with Crippen molar-refractivity contribution in [3.8, 4) is 0 Å². The Kier molecular flexibility index (Phi) is 5.93. The number of carbonyl (C=O) groups excluding carboxylic acids is 2. The second-order valence-corrected chi connectivity index (χ2v) is 9.50. The minimum Gasteiger partial charge on any atom is -0.347 e. The molecule has 2 aliphatic heterocycles. The third-order valence-corrected chi connectivity index (χ3v) is 6.58. The number of rotatable bonds is 5. The van der Waals surface area contributed by atoms with Gasteiger partial charge in [0.25, 0.3) is 5.91 Å². The molecule has 2 heterocycles. The zero-order valence-corrected chi connectivity index (χ0v) is 16.5. The van der Waals surface area contributed by atoms with E-state index in [9.17, 15) is 18.0 Å². The molecule has 1 saturated heterocycles. The van der Waals surface area contributed by atoms with Gasteiger partial charge in [-0.2, -0.15) is 0 Å². The number of nitrogens with one attached hydrogen (secondary N) is 1. The Labute approximate surface area is 166 Å². The van der Waals surface area contributed by atoms with Gasteiger partial charge in [-0.05, 0) is 17.7 Å². The molecule has 2 aliphatic rings. The van der Waals surface area contributed by atoms with Gasteiger partial charge in [-0.1, -0.05) is 66.5 Å². The summed E-state index contributed by atoms with van der Waals surface area (Å²) in [6, 6.07) is 9.06. The molecule has 0 aliphatic carbocycles. The Morgan fingerprint density at radius 1 is 1.33 bits per heavy atom. The summed E-state index contributed by atoms with van der Waals surface area (Å²) in [6.07, 6.45) is 6.71. The maximum Gasteiger partial charge on any atom is 0.266 e. The number of thiocarbonyl (C=S) groups is 1. The highest BCUT2D eigenvalue weighted by molar-refractivity contribution is 8.26. The van der Waals surface area contributed by atoms with Crippen molar-refractivity contribution in [1.29, 1.82) is 0 Å². The van der Waals surface area contributed by atoms with Crippen LogP contribution in [0, 0.1) is 0 Å². The molecule has 0 spiro atoms. The molecule has 0 saturated carbocycles. The molecule has 1 fully saturated rings. The quantitative estimate of drug-likeness (QED) is 0.578. The van der Waals surface area contributed by atoms with Gasteiger partial charge in [-0.15, -0.1) is 0 Å². The lowest BCUT2D eigenvalue weighted by molar-refractivity contribution is -0.128. The van der Waals surface area contributed by atoms with Crippen LogP contribution in [0.2, 0.25) is 0 Å². The summed E-state index contributed by atoms with van der Waals surface area (Å²) < 4.78 is 23.0. The van der Waals surface area contributed by atoms with Crippen molar-refractivity contribution in [2.75, 3.05) is 12.3 Å². The summed E-state index contributed by atoms with van der Waals surface area (Å²) in [4.78, 5) is 26.2. The maximum absolute atomic E-state index is 12.5. The number of sulfone groups is 1. The molecule has 1 N–H and O–H groups in total. The molecule has 1 aromatic carbocycles. The van der Waals surface area contributed by atoms with E-state index in [0.29, 0.717) is 9.23 Å². The first-order valence-electron chi connectivity index (χ1n) is 8.01. The van der Waals surface area contributed by atoms with E-state index < -0.39 is 21.8 Å². The van der Waals surface area contributed by atoms with Crippen LogP contribution < -0.4 is 5.32 Å². The van der Waals surface area contributed by atoms with E-state index in [1.54, 1.807) is 12.2 Å². The average molecular weight is 421 g/mol. The summed E-state index contributed by atoms with van der Waals surface area (Å²) in [7, 11) is -3.25. The molecule has 3 rings (SSSR count). The Morgan fingerprint density at radius 2 is 2.07 bits per heavy atom. The van der Waals surface area contributed by atoms with Crippen molar-refractivity contribution >= 4 is 56.0 Å². The molecule has 27 heavy (non-hydrogen) atoms. The van der Waals surface area contributed by atoms with Crippen molar-refractivity contribution in [2.24, 2.45) is 0 Å². The van der Waals surface area contributed by atoms with Gasteiger partial charge in [0.15, 0.2) is 9.84 Å². The minimum absolute atomic E-state index is 0.165. The molecule has 6 nitrogen and oxygen atoms in total. The molecule has 1 atom stereocenters. The number of amides is 2. The van der Waals surface area contributed by atoms with Gasteiger partial charge in [0, 0.05) is 5.41 Å². The van der Waals surface area contributed by atoms with Crippen LogP contribution in [0.15, 0.2) is 58.9 Å².